The molecule has 1 aromatic carbocycles. The van der Waals surface area contributed by atoms with E-state index in [1.165, 1.54) is 0 Å². The molecule has 4 rings (SSSR count). The van der Waals surface area contributed by atoms with Crippen molar-refractivity contribution in [2.24, 2.45) is 0 Å². The molecule has 3 aromatic heterocycles. The molecule has 0 bridgehead atoms. The lowest BCUT2D eigenvalue weighted by Gasteiger charge is -2.00. The summed E-state index contributed by atoms with van der Waals surface area (Å²) in [6.45, 7) is 2.95. The molecule has 0 N–H and O–H groups in total. The highest BCUT2D eigenvalue weighted by molar-refractivity contribution is 5.80. The van der Waals surface area contributed by atoms with Crippen LogP contribution in [0.5, 0.6) is 0 Å². The van der Waals surface area contributed by atoms with Crippen molar-refractivity contribution in [1.82, 2.24) is 19.7 Å². The third kappa shape index (κ3) is 1.92. The van der Waals surface area contributed by atoms with Gasteiger partial charge in [-0.05, 0) is 31.2 Å². The molecule has 0 fully saturated rings. The average molecular weight is 280 g/mol. The maximum absolute atomic E-state index is 5.27. The Labute approximate surface area is 120 Å². The second kappa shape index (κ2) is 4.59. The minimum Gasteiger partial charge on any atom is -0.472 e. The van der Waals surface area contributed by atoms with Crippen LogP contribution in [0.3, 0.4) is 0 Å². The van der Waals surface area contributed by atoms with E-state index in [1.54, 1.807) is 18.6 Å². The third-order valence-electron chi connectivity index (χ3n) is 3.41. The van der Waals surface area contributed by atoms with E-state index in [9.17, 15) is 0 Å². The van der Waals surface area contributed by atoms with E-state index in [-0.39, 0.29) is 0 Å². The molecule has 104 valence electrons. The molecule has 0 aliphatic heterocycles. The van der Waals surface area contributed by atoms with Gasteiger partial charge in [0.05, 0.1) is 29.2 Å². The molecule has 0 unspecified atom stereocenters. The molecular formula is C15H12N4O2. The summed E-state index contributed by atoms with van der Waals surface area (Å²) in [5.74, 6) is 1.000. The Kier molecular flexibility index (Phi) is 2.60. The topological polar surface area (TPSA) is 69.9 Å². The Hall–Kier alpha value is -2.89. The number of imidazole rings is 1. The Balaban J connectivity index is 1.79. The van der Waals surface area contributed by atoms with Crippen LogP contribution in [-0.2, 0) is 6.54 Å². The number of benzene rings is 1. The lowest BCUT2D eigenvalue weighted by molar-refractivity contribution is 0.431. The molecule has 0 saturated carbocycles. The molecule has 0 amide bonds. The number of aryl methyl sites for hydroxylation is 1. The quantitative estimate of drug-likeness (QED) is 0.575. The van der Waals surface area contributed by atoms with Crippen LogP contribution >= 0.6 is 0 Å². The van der Waals surface area contributed by atoms with Gasteiger partial charge in [0, 0.05) is 12.1 Å². The van der Waals surface area contributed by atoms with E-state index in [2.05, 4.69) is 26.6 Å². The summed E-state index contributed by atoms with van der Waals surface area (Å²) in [5.41, 5.74) is 3.69. The van der Waals surface area contributed by atoms with Gasteiger partial charge in [0.1, 0.15) is 6.26 Å². The molecule has 0 aliphatic rings. The van der Waals surface area contributed by atoms with Gasteiger partial charge in [-0.2, -0.15) is 4.98 Å². The molecule has 3 heterocycles. The van der Waals surface area contributed by atoms with Crippen molar-refractivity contribution in [2.45, 2.75) is 13.5 Å². The molecule has 4 aromatic rings. The number of rotatable bonds is 3. The van der Waals surface area contributed by atoms with E-state index in [1.807, 2.05) is 24.5 Å². The lowest BCUT2D eigenvalue weighted by Crippen LogP contribution is -1.91. The average Bonchev–Trinajstić information content (AvgIpc) is 3.25. The van der Waals surface area contributed by atoms with Crippen molar-refractivity contribution < 1.29 is 8.94 Å². The Morgan fingerprint density at radius 3 is 2.95 bits per heavy atom. The van der Waals surface area contributed by atoms with E-state index in [0.29, 0.717) is 11.7 Å². The summed E-state index contributed by atoms with van der Waals surface area (Å²) in [4.78, 5) is 8.76. The summed E-state index contributed by atoms with van der Waals surface area (Å²) < 4.78 is 12.4. The first kappa shape index (κ1) is 11.9. The van der Waals surface area contributed by atoms with Gasteiger partial charge in [0.2, 0.25) is 5.82 Å². The SMILES string of the molecule is CCn1cnc2ccc(-c3noc(-c4ccoc4)n3)cc21. The first-order valence-corrected chi connectivity index (χ1v) is 6.66. The van der Waals surface area contributed by atoms with Gasteiger partial charge in [0.25, 0.3) is 5.89 Å². The zero-order valence-electron chi connectivity index (χ0n) is 11.4. The van der Waals surface area contributed by atoms with Crippen LogP contribution in [0.4, 0.5) is 0 Å². The second-order valence-corrected chi connectivity index (χ2v) is 4.67. The molecule has 21 heavy (non-hydrogen) atoms. The molecule has 6 nitrogen and oxygen atoms in total. The van der Waals surface area contributed by atoms with Crippen LogP contribution in [0.25, 0.3) is 33.9 Å². The highest BCUT2D eigenvalue weighted by Crippen LogP contribution is 2.25. The van der Waals surface area contributed by atoms with Gasteiger partial charge in [-0.1, -0.05) is 5.16 Å². The molecular weight excluding hydrogens is 268 g/mol. The van der Waals surface area contributed by atoms with Crippen molar-refractivity contribution in [3.8, 4) is 22.8 Å². The fraction of sp³-hybridized carbons (Fsp3) is 0.133. The molecule has 0 radical (unpaired) electrons. The highest BCUT2D eigenvalue weighted by atomic mass is 16.5. The largest absolute Gasteiger partial charge is 0.472 e. The summed E-state index contributed by atoms with van der Waals surface area (Å²) in [7, 11) is 0. The van der Waals surface area contributed by atoms with Gasteiger partial charge in [-0.3, -0.25) is 0 Å². The van der Waals surface area contributed by atoms with Gasteiger partial charge in [0.15, 0.2) is 0 Å². The van der Waals surface area contributed by atoms with Crippen LogP contribution in [-0.4, -0.2) is 19.7 Å². The Morgan fingerprint density at radius 1 is 1.19 bits per heavy atom. The minimum absolute atomic E-state index is 0.447. The normalized spacial score (nSPS) is 11.3. The summed E-state index contributed by atoms with van der Waals surface area (Å²) in [6, 6.07) is 7.71. The summed E-state index contributed by atoms with van der Waals surface area (Å²) >= 11 is 0. The van der Waals surface area contributed by atoms with Crippen molar-refractivity contribution >= 4 is 11.0 Å². The van der Waals surface area contributed by atoms with Crippen LogP contribution in [0, 0.1) is 0 Å². The van der Waals surface area contributed by atoms with Crippen LogP contribution in [0.2, 0.25) is 0 Å². The van der Waals surface area contributed by atoms with Gasteiger partial charge >= 0.3 is 0 Å². The van der Waals surface area contributed by atoms with E-state index >= 15 is 0 Å². The smallest absolute Gasteiger partial charge is 0.261 e. The van der Waals surface area contributed by atoms with E-state index in [4.69, 9.17) is 8.94 Å². The number of aromatic nitrogens is 4. The second-order valence-electron chi connectivity index (χ2n) is 4.67. The fourth-order valence-electron chi connectivity index (χ4n) is 2.29. The number of fused-ring (bicyclic) bond motifs is 1. The Bertz CT molecular complexity index is 890. The number of hydrogen-bond acceptors (Lipinski definition) is 5. The van der Waals surface area contributed by atoms with E-state index in [0.717, 1.165) is 28.7 Å². The van der Waals surface area contributed by atoms with E-state index < -0.39 is 0 Å². The third-order valence-corrected chi connectivity index (χ3v) is 3.41. The first-order chi connectivity index (χ1) is 10.3. The zero-order valence-corrected chi connectivity index (χ0v) is 11.4. The molecule has 0 spiro atoms. The molecule has 6 heteroatoms. The number of furan rings is 1. The maximum Gasteiger partial charge on any atom is 0.261 e. The highest BCUT2D eigenvalue weighted by Gasteiger charge is 2.12. The maximum atomic E-state index is 5.27. The van der Waals surface area contributed by atoms with Gasteiger partial charge in [-0.25, -0.2) is 4.98 Å². The summed E-state index contributed by atoms with van der Waals surface area (Å²) in [6.07, 6.45) is 4.99. The number of nitrogens with zero attached hydrogens (tertiary/aromatic N) is 4. The van der Waals surface area contributed by atoms with Crippen LogP contribution in [0.1, 0.15) is 6.92 Å². The predicted octanol–water partition coefficient (Wildman–Crippen LogP) is 3.37. The van der Waals surface area contributed by atoms with Crippen LogP contribution < -0.4 is 0 Å². The number of hydrogen-bond donors (Lipinski definition) is 0. The zero-order chi connectivity index (χ0) is 14.2. The predicted molar refractivity (Wildman–Crippen MR) is 76.4 cm³/mol. The molecule has 0 atom stereocenters. The van der Waals surface area contributed by atoms with Crippen molar-refractivity contribution in [3.05, 3.63) is 43.1 Å². The van der Waals surface area contributed by atoms with Gasteiger partial charge in [-0.15, -0.1) is 0 Å². The standard InChI is InChI=1S/C15H12N4O2/c1-2-19-9-16-12-4-3-10(7-13(12)19)14-17-15(21-18-14)11-5-6-20-8-11/h3-9H,2H2,1H3. The van der Waals surface area contributed by atoms with Crippen LogP contribution in [0.15, 0.2) is 52.1 Å². The summed E-state index contributed by atoms with van der Waals surface area (Å²) in [5, 5.41) is 4.03. The lowest BCUT2D eigenvalue weighted by atomic mass is 10.2. The fourth-order valence-corrected chi connectivity index (χ4v) is 2.29. The van der Waals surface area contributed by atoms with Crippen molar-refractivity contribution in [2.75, 3.05) is 0 Å². The Morgan fingerprint density at radius 2 is 2.14 bits per heavy atom. The first-order valence-electron chi connectivity index (χ1n) is 6.66. The van der Waals surface area contributed by atoms with Crippen molar-refractivity contribution in [1.29, 1.82) is 0 Å². The molecule has 0 aliphatic carbocycles. The molecule has 0 saturated heterocycles. The van der Waals surface area contributed by atoms with Crippen molar-refractivity contribution in [3.63, 3.8) is 0 Å². The monoisotopic (exact) mass is 280 g/mol. The minimum atomic E-state index is 0.447. The van der Waals surface area contributed by atoms with Gasteiger partial charge < -0.3 is 13.5 Å².